The highest BCUT2D eigenvalue weighted by Gasteiger charge is 2.26. The van der Waals surface area contributed by atoms with E-state index in [1.165, 1.54) is 0 Å². The number of carbonyl (C=O) groups excluding carboxylic acids is 2. The topological polar surface area (TPSA) is 102 Å². The van der Waals surface area contributed by atoms with Crippen molar-refractivity contribution in [3.8, 4) is 0 Å². The van der Waals surface area contributed by atoms with Crippen LogP contribution in [0.15, 0.2) is 30.3 Å². The fourth-order valence-electron chi connectivity index (χ4n) is 3.88. The molecular formula is C20H31N5O3. The van der Waals surface area contributed by atoms with Gasteiger partial charge in [0.15, 0.2) is 0 Å². The standard InChI is InChI=1S/C20H31N5O3/c21-19(27)15-23-8-6-17(7-9-23)22-20(28)25-12-10-24(11-13-25)14-18(26)16-4-2-1-3-5-16/h1-5,17-18,26H,6-15H2,(H2,21,27)(H,22,28). The highest BCUT2D eigenvalue weighted by molar-refractivity contribution is 5.76. The number of primary amides is 1. The smallest absolute Gasteiger partial charge is 0.317 e. The summed E-state index contributed by atoms with van der Waals surface area (Å²) in [5.41, 5.74) is 6.16. The number of benzene rings is 1. The molecule has 0 radical (unpaired) electrons. The van der Waals surface area contributed by atoms with Crippen molar-refractivity contribution in [2.45, 2.75) is 25.0 Å². The van der Waals surface area contributed by atoms with Crippen LogP contribution in [0.1, 0.15) is 24.5 Å². The molecule has 1 aromatic rings. The normalized spacial score (nSPS) is 20.7. The largest absolute Gasteiger partial charge is 0.387 e. The zero-order chi connectivity index (χ0) is 19.9. The molecular weight excluding hydrogens is 358 g/mol. The van der Waals surface area contributed by atoms with Gasteiger partial charge in [-0.2, -0.15) is 0 Å². The molecule has 0 bridgehead atoms. The van der Waals surface area contributed by atoms with Crippen LogP contribution in [0.5, 0.6) is 0 Å². The molecule has 3 amide bonds. The Balaban J connectivity index is 1.37. The third-order valence-electron chi connectivity index (χ3n) is 5.57. The molecule has 2 aliphatic rings. The minimum Gasteiger partial charge on any atom is -0.387 e. The summed E-state index contributed by atoms with van der Waals surface area (Å²) >= 11 is 0. The molecule has 2 fully saturated rings. The summed E-state index contributed by atoms with van der Waals surface area (Å²) in [6.45, 7) is 5.26. The summed E-state index contributed by atoms with van der Waals surface area (Å²) in [6.07, 6.45) is 1.16. The summed E-state index contributed by atoms with van der Waals surface area (Å²) in [7, 11) is 0. The Morgan fingerprint density at radius 2 is 1.68 bits per heavy atom. The Morgan fingerprint density at radius 3 is 2.29 bits per heavy atom. The number of rotatable bonds is 6. The second kappa shape index (κ2) is 9.86. The zero-order valence-corrected chi connectivity index (χ0v) is 16.3. The van der Waals surface area contributed by atoms with Crippen molar-refractivity contribution in [3.05, 3.63) is 35.9 Å². The van der Waals surface area contributed by atoms with Crippen LogP contribution in [-0.2, 0) is 4.79 Å². The average molecular weight is 390 g/mol. The van der Waals surface area contributed by atoms with E-state index >= 15 is 0 Å². The molecule has 4 N–H and O–H groups in total. The number of aliphatic hydroxyl groups excluding tert-OH is 1. The van der Waals surface area contributed by atoms with Crippen molar-refractivity contribution in [3.63, 3.8) is 0 Å². The lowest BCUT2D eigenvalue weighted by Gasteiger charge is -2.37. The number of piperazine rings is 1. The van der Waals surface area contributed by atoms with Crippen molar-refractivity contribution in [2.75, 3.05) is 52.4 Å². The summed E-state index contributed by atoms with van der Waals surface area (Å²) in [6, 6.07) is 9.80. The molecule has 0 saturated carbocycles. The maximum absolute atomic E-state index is 12.5. The van der Waals surface area contributed by atoms with Crippen molar-refractivity contribution < 1.29 is 14.7 Å². The Bertz CT molecular complexity index is 641. The van der Waals surface area contributed by atoms with Crippen LogP contribution in [0.25, 0.3) is 0 Å². The van der Waals surface area contributed by atoms with Crippen molar-refractivity contribution in [1.29, 1.82) is 0 Å². The van der Waals surface area contributed by atoms with Gasteiger partial charge < -0.3 is 21.1 Å². The summed E-state index contributed by atoms with van der Waals surface area (Å²) in [5.74, 6) is -0.308. The second-order valence-electron chi connectivity index (χ2n) is 7.68. The van der Waals surface area contributed by atoms with E-state index in [-0.39, 0.29) is 24.5 Å². The van der Waals surface area contributed by atoms with Crippen LogP contribution in [0.4, 0.5) is 4.79 Å². The molecule has 2 saturated heterocycles. The number of hydrogen-bond acceptors (Lipinski definition) is 5. The van der Waals surface area contributed by atoms with Gasteiger partial charge in [-0.3, -0.25) is 14.6 Å². The lowest BCUT2D eigenvalue weighted by molar-refractivity contribution is -0.119. The van der Waals surface area contributed by atoms with E-state index in [2.05, 4.69) is 10.2 Å². The van der Waals surface area contributed by atoms with Gasteiger partial charge in [0.2, 0.25) is 5.91 Å². The summed E-state index contributed by atoms with van der Waals surface area (Å²) < 4.78 is 0. The molecule has 8 nitrogen and oxygen atoms in total. The van der Waals surface area contributed by atoms with E-state index < -0.39 is 6.10 Å². The molecule has 1 atom stereocenters. The molecule has 0 aliphatic carbocycles. The molecule has 2 aliphatic heterocycles. The molecule has 1 unspecified atom stereocenters. The van der Waals surface area contributed by atoms with Crippen LogP contribution in [0.3, 0.4) is 0 Å². The van der Waals surface area contributed by atoms with E-state index in [0.29, 0.717) is 19.6 Å². The Hall–Kier alpha value is -2.16. The number of amides is 3. The lowest BCUT2D eigenvalue weighted by atomic mass is 10.1. The number of nitrogens with zero attached hydrogens (tertiary/aromatic N) is 3. The number of nitrogens with one attached hydrogen (secondary N) is 1. The van der Waals surface area contributed by atoms with Crippen molar-refractivity contribution in [1.82, 2.24) is 20.0 Å². The molecule has 2 heterocycles. The molecule has 8 heteroatoms. The van der Waals surface area contributed by atoms with Gasteiger partial charge in [0.25, 0.3) is 0 Å². The minimum absolute atomic E-state index is 0.0170. The maximum atomic E-state index is 12.5. The number of hydrogen-bond donors (Lipinski definition) is 3. The third kappa shape index (κ3) is 5.92. The summed E-state index contributed by atoms with van der Waals surface area (Å²) in [5, 5.41) is 13.5. The van der Waals surface area contributed by atoms with Crippen LogP contribution in [0, 0.1) is 0 Å². The Labute approximate surface area is 166 Å². The monoisotopic (exact) mass is 389 g/mol. The second-order valence-corrected chi connectivity index (χ2v) is 7.68. The van der Waals surface area contributed by atoms with E-state index in [1.54, 1.807) is 0 Å². The quantitative estimate of drug-likeness (QED) is 0.636. The first-order valence-corrected chi connectivity index (χ1v) is 10.0. The SMILES string of the molecule is NC(=O)CN1CCC(NC(=O)N2CCN(CC(O)c3ccccc3)CC2)CC1. The first-order valence-electron chi connectivity index (χ1n) is 10.0. The molecule has 154 valence electrons. The van der Waals surface area contributed by atoms with E-state index in [9.17, 15) is 14.7 Å². The number of piperidine rings is 1. The molecule has 28 heavy (non-hydrogen) atoms. The predicted molar refractivity (Wildman–Crippen MR) is 107 cm³/mol. The highest BCUT2D eigenvalue weighted by Crippen LogP contribution is 2.15. The number of likely N-dealkylation sites (tertiary alicyclic amines) is 1. The number of aliphatic hydroxyl groups is 1. The van der Waals surface area contributed by atoms with Gasteiger partial charge in [-0.25, -0.2) is 4.79 Å². The first kappa shape index (κ1) is 20.6. The number of urea groups is 1. The lowest BCUT2D eigenvalue weighted by Crippen LogP contribution is -2.55. The van der Waals surface area contributed by atoms with Gasteiger partial charge in [-0.05, 0) is 18.4 Å². The van der Waals surface area contributed by atoms with Crippen LogP contribution in [-0.4, -0.2) is 90.1 Å². The van der Waals surface area contributed by atoms with Crippen LogP contribution >= 0.6 is 0 Å². The number of β-amino-alcohol motifs (C(OH)–C–C–N with tert-alkyl or cyclic N) is 1. The van der Waals surface area contributed by atoms with Crippen molar-refractivity contribution in [2.24, 2.45) is 5.73 Å². The molecule has 0 aromatic heterocycles. The molecule has 3 rings (SSSR count). The Kier molecular flexibility index (Phi) is 7.24. The fraction of sp³-hybridized carbons (Fsp3) is 0.600. The van der Waals surface area contributed by atoms with Gasteiger partial charge in [0, 0.05) is 51.9 Å². The number of nitrogens with two attached hydrogens (primary N) is 1. The van der Waals surface area contributed by atoms with E-state index in [4.69, 9.17) is 5.73 Å². The fourth-order valence-corrected chi connectivity index (χ4v) is 3.88. The third-order valence-corrected chi connectivity index (χ3v) is 5.57. The molecule has 0 spiro atoms. The van der Waals surface area contributed by atoms with Crippen LogP contribution < -0.4 is 11.1 Å². The van der Waals surface area contributed by atoms with Gasteiger partial charge in [0.05, 0.1) is 12.6 Å². The zero-order valence-electron chi connectivity index (χ0n) is 16.3. The van der Waals surface area contributed by atoms with Crippen LogP contribution in [0.2, 0.25) is 0 Å². The summed E-state index contributed by atoms with van der Waals surface area (Å²) in [4.78, 5) is 29.6. The maximum Gasteiger partial charge on any atom is 0.317 e. The molecule has 1 aromatic carbocycles. The average Bonchev–Trinajstić information content (AvgIpc) is 2.70. The number of carbonyl (C=O) groups is 2. The van der Waals surface area contributed by atoms with Gasteiger partial charge >= 0.3 is 6.03 Å². The predicted octanol–water partition coefficient (Wildman–Crippen LogP) is -0.00310. The Morgan fingerprint density at radius 1 is 1.04 bits per heavy atom. The van der Waals surface area contributed by atoms with Gasteiger partial charge in [0.1, 0.15) is 0 Å². The van der Waals surface area contributed by atoms with Gasteiger partial charge in [-0.1, -0.05) is 30.3 Å². The first-order chi connectivity index (χ1) is 13.5. The van der Waals surface area contributed by atoms with E-state index in [0.717, 1.165) is 44.6 Å². The van der Waals surface area contributed by atoms with Gasteiger partial charge in [-0.15, -0.1) is 0 Å². The minimum atomic E-state index is -0.507. The van der Waals surface area contributed by atoms with Crippen molar-refractivity contribution >= 4 is 11.9 Å². The van der Waals surface area contributed by atoms with E-state index in [1.807, 2.05) is 40.1 Å². The highest BCUT2D eigenvalue weighted by atomic mass is 16.3.